The topological polar surface area (TPSA) is 75.4 Å². The maximum absolute atomic E-state index is 11.5. The largest absolute Gasteiger partial charge is 0.506 e. The van der Waals surface area contributed by atoms with E-state index in [0.717, 1.165) is 6.42 Å². The maximum Gasteiger partial charge on any atom is 0.275 e. The molecule has 0 fully saturated rings. The second-order valence-corrected chi connectivity index (χ2v) is 7.44. The van der Waals surface area contributed by atoms with Crippen molar-refractivity contribution in [3.8, 4) is 5.75 Å². The van der Waals surface area contributed by atoms with Crippen LogP contribution in [-0.2, 0) is 0 Å². The van der Waals surface area contributed by atoms with Gasteiger partial charge in [0.15, 0.2) is 0 Å². The number of nitro groups is 1. The summed E-state index contributed by atoms with van der Waals surface area (Å²) in [7, 11) is 0. The van der Waals surface area contributed by atoms with E-state index in [1.54, 1.807) is 0 Å². The number of nitrogens with zero attached hydrogens (tertiary/aromatic N) is 1. The van der Waals surface area contributed by atoms with Gasteiger partial charge in [-0.15, -0.1) is 0 Å². The molecule has 1 heterocycles. The summed E-state index contributed by atoms with van der Waals surface area (Å²) in [5.41, 5.74) is 6.04. The summed E-state index contributed by atoms with van der Waals surface area (Å²) in [5, 5.41) is 25.4. The van der Waals surface area contributed by atoms with Gasteiger partial charge in [-0.05, 0) is 55.9 Å². The molecule has 4 rings (SSSR count). The lowest BCUT2D eigenvalue weighted by atomic mass is 9.74. The van der Waals surface area contributed by atoms with E-state index in [2.05, 4.69) is 50.4 Å². The SMILES string of the molecule is Cc1cc(C)c(C2Nc3c(O)ccc([N+](=O)[O-])c3C3C=CCC32)c(C)c1. The van der Waals surface area contributed by atoms with Crippen LogP contribution >= 0.6 is 0 Å². The molecule has 3 atom stereocenters. The highest BCUT2D eigenvalue weighted by atomic mass is 16.6. The molecule has 0 spiro atoms. The molecule has 134 valence electrons. The summed E-state index contributed by atoms with van der Waals surface area (Å²) in [6.45, 7) is 6.30. The molecule has 0 radical (unpaired) electrons. The van der Waals surface area contributed by atoms with E-state index in [9.17, 15) is 15.2 Å². The van der Waals surface area contributed by atoms with Crippen LogP contribution in [0.25, 0.3) is 0 Å². The van der Waals surface area contributed by atoms with Gasteiger partial charge in [0.05, 0.1) is 22.2 Å². The molecule has 0 amide bonds. The van der Waals surface area contributed by atoms with E-state index in [-0.39, 0.29) is 34.2 Å². The van der Waals surface area contributed by atoms with Crippen molar-refractivity contribution < 1.29 is 10.0 Å². The van der Waals surface area contributed by atoms with Crippen molar-refractivity contribution in [2.45, 2.75) is 39.2 Å². The summed E-state index contributed by atoms with van der Waals surface area (Å²) in [6.07, 6.45) is 5.02. The van der Waals surface area contributed by atoms with Gasteiger partial charge in [-0.3, -0.25) is 10.1 Å². The molecule has 2 aliphatic rings. The molecule has 0 saturated carbocycles. The zero-order valence-corrected chi connectivity index (χ0v) is 15.1. The van der Waals surface area contributed by atoms with Gasteiger partial charge >= 0.3 is 0 Å². The monoisotopic (exact) mass is 350 g/mol. The number of fused-ring (bicyclic) bond motifs is 3. The van der Waals surface area contributed by atoms with Gasteiger partial charge in [0, 0.05) is 12.0 Å². The number of phenolic OH excluding ortho intramolecular Hbond substituents is 1. The minimum atomic E-state index is -0.355. The number of phenols is 1. The Morgan fingerprint density at radius 2 is 1.85 bits per heavy atom. The second kappa shape index (κ2) is 5.87. The van der Waals surface area contributed by atoms with Crippen LogP contribution in [0.15, 0.2) is 36.4 Å². The molecule has 0 aromatic heterocycles. The highest BCUT2D eigenvalue weighted by molar-refractivity contribution is 5.73. The first-order chi connectivity index (χ1) is 12.4. The van der Waals surface area contributed by atoms with Gasteiger partial charge in [0.1, 0.15) is 5.75 Å². The normalized spacial score (nSPS) is 23.3. The summed E-state index contributed by atoms with van der Waals surface area (Å²) in [5.74, 6) is 0.198. The minimum Gasteiger partial charge on any atom is -0.506 e. The number of aryl methyl sites for hydroxylation is 3. The Balaban J connectivity index is 1.91. The van der Waals surface area contributed by atoms with Crippen LogP contribution in [0, 0.1) is 36.8 Å². The van der Waals surface area contributed by atoms with Gasteiger partial charge in [0.25, 0.3) is 5.69 Å². The van der Waals surface area contributed by atoms with E-state index in [0.29, 0.717) is 11.3 Å². The smallest absolute Gasteiger partial charge is 0.275 e. The number of hydrogen-bond donors (Lipinski definition) is 2. The van der Waals surface area contributed by atoms with Gasteiger partial charge in [-0.25, -0.2) is 0 Å². The minimum absolute atomic E-state index is 0.0102. The van der Waals surface area contributed by atoms with E-state index in [1.807, 2.05) is 0 Å². The molecule has 1 aliphatic carbocycles. The Morgan fingerprint density at radius 3 is 2.50 bits per heavy atom. The first-order valence-corrected chi connectivity index (χ1v) is 8.89. The van der Waals surface area contributed by atoms with Crippen molar-refractivity contribution in [2.24, 2.45) is 5.92 Å². The van der Waals surface area contributed by atoms with Gasteiger partial charge in [-0.2, -0.15) is 0 Å². The highest BCUT2D eigenvalue weighted by Gasteiger charge is 2.43. The summed E-state index contributed by atoms with van der Waals surface area (Å²) in [6, 6.07) is 7.17. The van der Waals surface area contributed by atoms with Crippen molar-refractivity contribution in [1.82, 2.24) is 0 Å². The number of nitrogens with one attached hydrogen (secondary N) is 1. The molecule has 2 aromatic carbocycles. The fourth-order valence-electron chi connectivity index (χ4n) is 4.80. The molecule has 3 unspecified atom stereocenters. The van der Waals surface area contributed by atoms with Crippen LogP contribution in [-0.4, -0.2) is 10.0 Å². The standard InChI is InChI=1S/C21H22N2O3/c1-11-9-12(2)18(13(3)10-11)20-15-6-4-5-14(15)19-16(23(25)26)7-8-17(24)21(19)22-20/h4-5,7-10,14-15,20,22,24H,6H2,1-3H3. The predicted molar refractivity (Wildman–Crippen MR) is 102 cm³/mol. The third-order valence-corrected chi connectivity index (χ3v) is 5.72. The molecule has 26 heavy (non-hydrogen) atoms. The zero-order valence-electron chi connectivity index (χ0n) is 15.1. The Kier molecular flexibility index (Phi) is 3.75. The average Bonchev–Trinajstić information content (AvgIpc) is 3.04. The number of rotatable bonds is 2. The fourth-order valence-corrected chi connectivity index (χ4v) is 4.80. The third-order valence-electron chi connectivity index (χ3n) is 5.72. The highest BCUT2D eigenvalue weighted by Crippen LogP contribution is 2.55. The third kappa shape index (κ3) is 2.38. The Bertz CT molecular complexity index is 926. The lowest BCUT2D eigenvalue weighted by Crippen LogP contribution is -2.30. The van der Waals surface area contributed by atoms with Crippen LogP contribution in [0.1, 0.15) is 46.2 Å². The summed E-state index contributed by atoms with van der Waals surface area (Å²) in [4.78, 5) is 11.2. The molecular weight excluding hydrogens is 328 g/mol. The maximum atomic E-state index is 11.5. The molecule has 2 N–H and O–H groups in total. The number of benzene rings is 2. The number of hydrogen-bond acceptors (Lipinski definition) is 4. The molecule has 5 nitrogen and oxygen atoms in total. The number of nitro benzene ring substituents is 1. The Morgan fingerprint density at radius 1 is 1.15 bits per heavy atom. The van der Waals surface area contributed by atoms with E-state index in [4.69, 9.17) is 0 Å². The van der Waals surface area contributed by atoms with Crippen molar-refractivity contribution in [2.75, 3.05) is 5.32 Å². The molecule has 0 bridgehead atoms. The van der Waals surface area contributed by atoms with E-state index >= 15 is 0 Å². The number of aromatic hydroxyl groups is 1. The van der Waals surface area contributed by atoms with Crippen LogP contribution in [0.3, 0.4) is 0 Å². The van der Waals surface area contributed by atoms with Crippen molar-refractivity contribution >= 4 is 11.4 Å². The van der Waals surface area contributed by atoms with Crippen molar-refractivity contribution in [3.05, 3.63) is 74.3 Å². The molecule has 2 aromatic rings. The first kappa shape index (κ1) is 16.6. The molecule has 0 saturated heterocycles. The van der Waals surface area contributed by atoms with E-state index < -0.39 is 0 Å². The average molecular weight is 350 g/mol. The van der Waals surface area contributed by atoms with Crippen LogP contribution < -0.4 is 5.32 Å². The van der Waals surface area contributed by atoms with Crippen LogP contribution in [0.4, 0.5) is 11.4 Å². The van der Waals surface area contributed by atoms with Gasteiger partial charge in [-0.1, -0.05) is 29.8 Å². The van der Waals surface area contributed by atoms with Crippen molar-refractivity contribution in [1.29, 1.82) is 0 Å². The molecule has 5 heteroatoms. The molecular formula is C21H22N2O3. The quantitative estimate of drug-likeness (QED) is 0.344. The zero-order chi connectivity index (χ0) is 18.6. The summed E-state index contributed by atoms with van der Waals surface area (Å²) >= 11 is 0. The number of allylic oxidation sites excluding steroid dienone is 2. The predicted octanol–water partition coefficient (Wildman–Crippen LogP) is 5.05. The lowest BCUT2D eigenvalue weighted by Gasteiger charge is -2.38. The number of anilines is 1. The van der Waals surface area contributed by atoms with Crippen LogP contribution in [0.5, 0.6) is 5.75 Å². The Hall–Kier alpha value is -2.82. The molecule has 1 aliphatic heterocycles. The fraction of sp³-hybridized carbons (Fsp3) is 0.333. The summed E-state index contributed by atoms with van der Waals surface area (Å²) < 4.78 is 0. The second-order valence-electron chi connectivity index (χ2n) is 7.44. The first-order valence-electron chi connectivity index (χ1n) is 8.89. The van der Waals surface area contributed by atoms with Crippen LogP contribution in [0.2, 0.25) is 0 Å². The van der Waals surface area contributed by atoms with Crippen molar-refractivity contribution in [3.63, 3.8) is 0 Å². The van der Waals surface area contributed by atoms with E-state index in [1.165, 1.54) is 34.4 Å². The Labute approximate surface area is 152 Å². The lowest BCUT2D eigenvalue weighted by molar-refractivity contribution is -0.385. The van der Waals surface area contributed by atoms with Gasteiger partial charge in [0.2, 0.25) is 0 Å². The van der Waals surface area contributed by atoms with Gasteiger partial charge < -0.3 is 10.4 Å².